The van der Waals surface area contributed by atoms with Gasteiger partial charge in [-0.05, 0) is 30.2 Å². The molecule has 1 atom stereocenters. The van der Waals surface area contributed by atoms with E-state index >= 15 is 0 Å². The number of ether oxygens (including phenoxy) is 1. The van der Waals surface area contributed by atoms with Crippen molar-refractivity contribution in [2.75, 3.05) is 7.05 Å². The second kappa shape index (κ2) is 5.59. The fraction of sp³-hybridized carbons (Fsp3) is 0.267. The maximum absolute atomic E-state index is 12.8. The second-order valence-corrected chi connectivity index (χ2v) is 5.28. The van der Waals surface area contributed by atoms with E-state index in [-0.39, 0.29) is 17.4 Å². The molecule has 126 valence electrons. The Bertz CT molecular complexity index is 807. The fourth-order valence-electron chi connectivity index (χ4n) is 2.64. The molecule has 0 bridgehead atoms. The van der Waals surface area contributed by atoms with E-state index < -0.39 is 18.1 Å². The van der Waals surface area contributed by atoms with Crippen molar-refractivity contribution < 1.29 is 22.7 Å². The molecule has 9 heteroatoms. The third kappa shape index (κ3) is 2.29. The van der Waals surface area contributed by atoms with Gasteiger partial charge in [-0.2, -0.15) is 8.78 Å². The summed E-state index contributed by atoms with van der Waals surface area (Å²) >= 11 is 0. The summed E-state index contributed by atoms with van der Waals surface area (Å²) in [5.74, 6) is -0.385. The highest BCUT2D eigenvalue weighted by molar-refractivity contribution is 6.08. The lowest BCUT2D eigenvalue weighted by molar-refractivity contribution is -0.129. The normalized spacial score (nSPS) is 20.6. The zero-order chi connectivity index (χ0) is 17.5. The van der Waals surface area contributed by atoms with E-state index in [9.17, 15) is 13.6 Å². The number of carbonyl (C=O) groups excluding carboxylic acids is 1. The van der Waals surface area contributed by atoms with Crippen LogP contribution in [0.15, 0.2) is 40.3 Å². The molecule has 2 heterocycles. The maximum Gasteiger partial charge on any atom is 0.387 e. The summed E-state index contributed by atoms with van der Waals surface area (Å²) in [5, 5.41) is 0. The van der Waals surface area contributed by atoms with Gasteiger partial charge >= 0.3 is 6.61 Å². The van der Waals surface area contributed by atoms with Crippen LogP contribution in [-0.2, 0) is 10.3 Å². The predicted molar refractivity (Wildman–Crippen MR) is 79.5 cm³/mol. The number of hydrogen-bond acceptors (Lipinski definition) is 6. The summed E-state index contributed by atoms with van der Waals surface area (Å²) in [6, 6.07) is 4.38. The van der Waals surface area contributed by atoms with E-state index in [2.05, 4.69) is 14.7 Å². The molecular weight excluding hydrogens is 322 g/mol. The van der Waals surface area contributed by atoms with Crippen molar-refractivity contribution in [1.82, 2.24) is 9.88 Å². The Kier molecular flexibility index (Phi) is 3.70. The summed E-state index contributed by atoms with van der Waals surface area (Å²) in [5.41, 5.74) is 5.38. The van der Waals surface area contributed by atoms with Gasteiger partial charge in [0.2, 0.25) is 5.54 Å². The van der Waals surface area contributed by atoms with Gasteiger partial charge in [0.25, 0.3) is 5.91 Å². The van der Waals surface area contributed by atoms with Gasteiger partial charge in [0.05, 0.1) is 0 Å². The number of likely N-dealkylation sites (N-methyl/N-ethyl adjacent to an activating group) is 1. The van der Waals surface area contributed by atoms with E-state index in [1.165, 1.54) is 36.7 Å². The number of amides is 1. The number of benzene rings is 1. The van der Waals surface area contributed by atoms with Crippen molar-refractivity contribution in [3.05, 3.63) is 47.7 Å². The molecule has 0 saturated carbocycles. The lowest BCUT2D eigenvalue weighted by Gasteiger charge is -2.24. The Balaban J connectivity index is 2.16. The van der Waals surface area contributed by atoms with E-state index in [4.69, 9.17) is 10.2 Å². The van der Waals surface area contributed by atoms with Crippen molar-refractivity contribution >= 4 is 11.9 Å². The molecule has 1 aliphatic rings. The number of aryl methyl sites for hydroxylation is 1. The molecule has 0 saturated heterocycles. The number of carbonyl (C=O) groups is 1. The number of guanidine groups is 1. The molecule has 1 aliphatic heterocycles. The lowest BCUT2D eigenvalue weighted by Crippen LogP contribution is -2.41. The minimum absolute atomic E-state index is 0.0137. The third-order valence-corrected chi connectivity index (χ3v) is 3.85. The first-order valence-electron chi connectivity index (χ1n) is 6.94. The second-order valence-electron chi connectivity index (χ2n) is 5.28. The van der Waals surface area contributed by atoms with Crippen LogP contribution in [0.1, 0.15) is 16.8 Å². The molecule has 1 aromatic carbocycles. The van der Waals surface area contributed by atoms with E-state index in [0.717, 1.165) is 0 Å². The molecule has 1 unspecified atom stereocenters. The maximum atomic E-state index is 12.8. The SMILES string of the molecule is Cc1cc(C2(c3cocn3)N=C(N)N(C)C2=O)ccc1OC(F)F. The molecule has 24 heavy (non-hydrogen) atoms. The number of alkyl halides is 2. The largest absolute Gasteiger partial charge is 0.451 e. The van der Waals surface area contributed by atoms with Crippen molar-refractivity contribution in [3.63, 3.8) is 0 Å². The Morgan fingerprint density at radius 2 is 2.17 bits per heavy atom. The average Bonchev–Trinajstić information content (AvgIpc) is 3.13. The Morgan fingerprint density at radius 3 is 2.67 bits per heavy atom. The molecule has 0 fully saturated rings. The van der Waals surface area contributed by atoms with Crippen LogP contribution in [0.4, 0.5) is 8.78 Å². The minimum atomic E-state index is -2.94. The van der Waals surface area contributed by atoms with E-state index in [1.807, 2.05) is 0 Å². The van der Waals surface area contributed by atoms with Gasteiger partial charge in [-0.25, -0.2) is 9.98 Å². The average molecular weight is 336 g/mol. The zero-order valence-corrected chi connectivity index (χ0v) is 12.9. The highest BCUT2D eigenvalue weighted by Gasteiger charge is 2.51. The van der Waals surface area contributed by atoms with Crippen LogP contribution in [0.3, 0.4) is 0 Å². The highest BCUT2D eigenvalue weighted by Crippen LogP contribution is 2.39. The highest BCUT2D eigenvalue weighted by atomic mass is 19.3. The molecule has 0 radical (unpaired) electrons. The molecule has 0 spiro atoms. The van der Waals surface area contributed by atoms with Gasteiger partial charge in [0, 0.05) is 7.05 Å². The van der Waals surface area contributed by atoms with Crippen LogP contribution in [-0.4, -0.2) is 35.4 Å². The summed E-state index contributed by atoms with van der Waals surface area (Å²) in [6.45, 7) is -1.35. The van der Waals surface area contributed by atoms with E-state index in [1.54, 1.807) is 13.0 Å². The van der Waals surface area contributed by atoms with Crippen LogP contribution in [0.25, 0.3) is 0 Å². The number of aliphatic imine (C=N–C) groups is 1. The summed E-state index contributed by atoms with van der Waals surface area (Å²) in [6.07, 6.45) is 2.47. The minimum Gasteiger partial charge on any atom is -0.451 e. The summed E-state index contributed by atoms with van der Waals surface area (Å²) in [7, 11) is 1.49. The van der Waals surface area contributed by atoms with Crippen LogP contribution < -0.4 is 10.5 Å². The van der Waals surface area contributed by atoms with Crippen LogP contribution in [0.5, 0.6) is 5.75 Å². The quantitative estimate of drug-likeness (QED) is 0.915. The molecule has 7 nitrogen and oxygen atoms in total. The standard InChI is InChI=1S/C15H14F2N4O3/c1-8-5-9(3-4-10(8)24-13(16)17)15(11-6-23-7-19-11)12(22)21(2)14(18)20-15/h3-7,13H,1-2H3,(H2,18,20). The lowest BCUT2D eigenvalue weighted by atomic mass is 9.86. The van der Waals surface area contributed by atoms with Crippen molar-refractivity contribution in [2.45, 2.75) is 19.1 Å². The smallest absolute Gasteiger partial charge is 0.387 e. The van der Waals surface area contributed by atoms with Gasteiger partial charge in [-0.3, -0.25) is 9.69 Å². The van der Waals surface area contributed by atoms with Crippen LogP contribution in [0, 0.1) is 6.92 Å². The van der Waals surface area contributed by atoms with E-state index in [0.29, 0.717) is 11.1 Å². The topological polar surface area (TPSA) is 94.0 Å². The first kappa shape index (κ1) is 15.9. The summed E-state index contributed by atoms with van der Waals surface area (Å²) in [4.78, 5) is 22.3. The Hall–Kier alpha value is -2.97. The first-order valence-corrected chi connectivity index (χ1v) is 6.94. The van der Waals surface area contributed by atoms with Gasteiger partial charge < -0.3 is 14.9 Å². The van der Waals surface area contributed by atoms with Gasteiger partial charge in [0.1, 0.15) is 17.7 Å². The molecular formula is C15H14F2N4O3. The number of aromatic nitrogens is 1. The monoisotopic (exact) mass is 336 g/mol. The zero-order valence-electron chi connectivity index (χ0n) is 12.9. The number of nitrogens with two attached hydrogens (primary N) is 1. The van der Waals surface area contributed by atoms with Crippen molar-refractivity contribution in [3.8, 4) is 5.75 Å². The van der Waals surface area contributed by atoms with Crippen molar-refractivity contribution in [2.24, 2.45) is 10.7 Å². The molecule has 3 rings (SSSR count). The third-order valence-electron chi connectivity index (χ3n) is 3.85. The Labute approximate surface area is 135 Å². The van der Waals surface area contributed by atoms with Gasteiger partial charge in [-0.15, -0.1) is 0 Å². The fourth-order valence-corrected chi connectivity index (χ4v) is 2.64. The molecule has 2 N–H and O–H groups in total. The number of nitrogens with zero attached hydrogens (tertiary/aromatic N) is 3. The number of rotatable bonds is 4. The number of hydrogen-bond donors (Lipinski definition) is 1. The summed E-state index contributed by atoms with van der Waals surface area (Å²) < 4.78 is 34.3. The Morgan fingerprint density at radius 1 is 1.42 bits per heavy atom. The predicted octanol–water partition coefficient (Wildman–Crippen LogP) is 1.61. The van der Waals surface area contributed by atoms with Crippen LogP contribution >= 0.6 is 0 Å². The van der Waals surface area contributed by atoms with Gasteiger partial charge in [-0.1, -0.05) is 6.07 Å². The number of oxazole rings is 1. The van der Waals surface area contributed by atoms with Crippen LogP contribution in [0.2, 0.25) is 0 Å². The molecule has 0 aliphatic carbocycles. The number of halogens is 2. The molecule has 1 amide bonds. The van der Waals surface area contributed by atoms with Gasteiger partial charge in [0.15, 0.2) is 12.4 Å². The molecule has 1 aromatic heterocycles. The first-order chi connectivity index (χ1) is 11.4. The van der Waals surface area contributed by atoms with Crippen molar-refractivity contribution in [1.29, 1.82) is 0 Å². The molecule has 2 aromatic rings.